The highest BCUT2D eigenvalue weighted by Crippen LogP contribution is 2.65. The number of nitrogens with one attached hydrogen (secondary N) is 2. The van der Waals surface area contributed by atoms with Crippen molar-refractivity contribution in [3.8, 4) is 11.4 Å². The van der Waals surface area contributed by atoms with Gasteiger partial charge >= 0.3 is 0 Å². The van der Waals surface area contributed by atoms with Crippen molar-refractivity contribution in [1.29, 1.82) is 0 Å². The molecule has 1 amide bonds. The fraction of sp³-hybridized carbons (Fsp3) is 0.550. The number of aromatic nitrogens is 3. The Morgan fingerprint density at radius 3 is 2.73 bits per heavy atom. The molecule has 1 aromatic heterocycles. The first-order chi connectivity index (χ1) is 12.4. The molecule has 1 heterocycles. The van der Waals surface area contributed by atoms with Crippen LogP contribution in [0.5, 0.6) is 0 Å². The maximum atomic E-state index is 12.5. The van der Waals surface area contributed by atoms with Gasteiger partial charge in [-0.15, -0.1) is 5.10 Å². The van der Waals surface area contributed by atoms with Gasteiger partial charge in [0.25, 0.3) is 0 Å². The van der Waals surface area contributed by atoms with E-state index in [0.29, 0.717) is 16.3 Å². The average Bonchev–Trinajstić information content (AvgIpc) is 3.24. The number of hydrogen-bond donors (Lipinski definition) is 2. The summed E-state index contributed by atoms with van der Waals surface area (Å²) in [7, 11) is 0. The molecule has 3 atom stereocenters. The number of rotatable bonds is 5. The summed E-state index contributed by atoms with van der Waals surface area (Å²) in [4.78, 5) is 17.0. The predicted octanol–water partition coefficient (Wildman–Crippen LogP) is 3.89. The van der Waals surface area contributed by atoms with Gasteiger partial charge in [0.15, 0.2) is 5.82 Å². The quantitative estimate of drug-likeness (QED) is 0.783. The number of carbonyl (C=O) groups excluding carboxylic acids is 1. The molecular weight excluding hydrogens is 344 g/mol. The molecule has 0 saturated heterocycles. The van der Waals surface area contributed by atoms with E-state index < -0.39 is 0 Å². The van der Waals surface area contributed by atoms with Gasteiger partial charge in [0.05, 0.1) is 5.75 Å². The van der Waals surface area contributed by atoms with Crippen LogP contribution >= 0.6 is 11.8 Å². The summed E-state index contributed by atoms with van der Waals surface area (Å²) in [6, 6.07) is 10.2. The number of hydrogen-bond acceptors (Lipinski definition) is 4. The van der Waals surface area contributed by atoms with Gasteiger partial charge in [-0.05, 0) is 36.0 Å². The van der Waals surface area contributed by atoms with Gasteiger partial charge < -0.3 is 5.32 Å². The SMILES string of the molecule is CC1(C)C2CCC1(C)C(NC(=O)CSc1n[nH]c(-c3ccccc3)n1)C2. The minimum absolute atomic E-state index is 0.0793. The summed E-state index contributed by atoms with van der Waals surface area (Å²) >= 11 is 1.38. The van der Waals surface area contributed by atoms with E-state index >= 15 is 0 Å². The van der Waals surface area contributed by atoms with Gasteiger partial charge in [0.2, 0.25) is 11.1 Å². The molecule has 4 rings (SSSR count). The number of thioether (sulfide) groups is 1. The average molecular weight is 371 g/mol. The molecular formula is C20H26N4OS. The fourth-order valence-electron chi connectivity index (χ4n) is 4.82. The van der Waals surface area contributed by atoms with Gasteiger partial charge in [-0.3, -0.25) is 9.89 Å². The van der Waals surface area contributed by atoms with Crippen molar-refractivity contribution in [2.45, 2.75) is 51.2 Å². The summed E-state index contributed by atoms with van der Waals surface area (Å²) < 4.78 is 0. The van der Waals surface area contributed by atoms with Crippen LogP contribution in [0.4, 0.5) is 0 Å². The molecule has 2 N–H and O–H groups in total. The summed E-state index contributed by atoms with van der Waals surface area (Å²) in [6.07, 6.45) is 3.62. The second-order valence-corrected chi connectivity index (χ2v) is 9.29. The molecule has 5 nitrogen and oxygen atoms in total. The lowest BCUT2D eigenvalue weighted by Crippen LogP contribution is -2.47. The Morgan fingerprint density at radius 1 is 1.31 bits per heavy atom. The summed E-state index contributed by atoms with van der Waals surface area (Å²) in [5, 5.41) is 11.1. The third kappa shape index (κ3) is 2.84. The van der Waals surface area contributed by atoms with Crippen molar-refractivity contribution in [2.75, 3.05) is 5.75 Å². The summed E-state index contributed by atoms with van der Waals surface area (Å²) in [6.45, 7) is 7.08. The first kappa shape index (κ1) is 17.6. The van der Waals surface area contributed by atoms with Crippen LogP contribution in [0.25, 0.3) is 11.4 Å². The van der Waals surface area contributed by atoms with Crippen LogP contribution < -0.4 is 5.32 Å². The molecule has 2 saturated carbocycles. The highest BCUT2D eigenvalue weighted by Gasteiger charge is 2.61. The van der Waals surface area contributed by atoms with Gasteiger partial charge in [0, 0.05) is 11.6 Å². The number of benzene rings is 1. The predicted molar refractivity (Wildman–Crippen MR) is 104 cm³/mol. The van der Waals surface area contributed by atoms with E-state index in [1.165, 1.54) is 24.6 Å². The monoisotopic (exact) mass is 370 g/mol. The Kier molecular flexibility index (Phi) is 4.34. The second-order valence-electron chi connectivity index (χ2n) is 8.35. The lowest BCUT2D eigenvalue weighted by molar-refractivity contribution is -0.120. The van der Waals surface area contributed by atoms with Crippen molar-refractivity contribution >= 4 is 17.7 Å². The van der Waals surface area contributed by atoms with Gasteiger partial charge in [-0.25, -0.2) is 4.98 Å². The van der Waals surface area contributed by atoms with E-state index in [1.807, 2.05) is 30.3 Å². The standard InChI is InChI=1S/C20H26N4OS/c1-19(2)14-9-10-20(19,3)15(11-14)21-16(25)12-26-18-22-17(23-24-18)13-7-5-4-6-8-13/h4-8,14-15H,9-12H2,1-3H3,(H,21,25)(H,22,23,24). The van der Waals surface area contributed by atoms with Crippen LogP contribution in [0.2, 0.25) is 0 Å². The summed E-state index contributed by atoms with van der Waals surface area (Å²) in [5.41, 5.74) is 1.52. The maximum Gasteiger partial charge on any atom is 0.230 e. The third-order valence-corrected chi connectivity index (χ3v) is 7.82. The molecule has 2 bridgehead atoms. The van der Waals surface area contributed by atoms with E-state index in [0.717, 1.165) is 23.7 Å². The maximum absolute atomic E-state index is 12.5. The Labute approximate surface area is 158 Å². The largest absolute Gasteiger partial charge is 0.352 e. The van der Waals surface area contributed by atoms with Crippen LogP contribution in [-0.2, 0) is 4.79 Å². The van der Waals surface area contributed by atoms with E-state index in [4.69, 9.17) is 0 Å². The Hall–Kier alpha value is -1.82. The fourth-order valence-corrected chi connectivity index (χ4v) is 5.43. The van der Waals surface area contributed by atoms with Crippen molar-refractivity contribution in [3.63, 3.8) is 0 Å². The molecule has 2 aliphatic rings. The third-order valence-electron chi connectivity index (χ3n) is 6.97. The number of aromatic amines is 1. The molecule has 2 fully saturated rings. The molecule has 3 unspecified atom stereocenters. The molecule has 2 aliphatic carbocycles. The van der Waals surface area contributed by atoms with Crippen LogP contribution in [0, 0.1) is 16.7 Å². The molecule has 6 heteroatoms. The van der Waals surface area contributed by atoms with Crippen LogP contribution in [-0.4, -0.2) is 32.9 Å². The zero-order valence-corrected chi connectivity index (χ0v) is 16.4. The Morgan fingerprint density at radius 2 is 2.08 bits per heavy atom. The lowest BCUT2D eigenvalue weighted by Gasteiger charge is -2.39. The van der Waals surface area contributed by atoms with Crippen molar-refractivity contribution in [1.82, 2.24) is 20.5 Å². The van der Waals surface area contributed by atoms with Crippen molar-refractivity contribution in [3.05, 3.63) is 30.3 Å². The number of nitrogens with zero attached hydrogens (tertiary/aromatic N) is 2. The first-order valence-corrected chi connectivity index (χ1v) is 10.3. The molecule has 0 radical (unpaired) electrons. The van der Waals surface area contributed by atoms with Gasteiger partial charge in [-0.2, -0.15) is 0 Å². The molecule has 26 heavy (non-hydrogen) atoms. The topological polar surface area (TPSA) is 70.7 Å². The molecule has 0 spiro atoms. The lowest BCUT2D eigenvalue weighted by atomic mass is 9.69. The Bertz CT molecular complexity index is 803. The van der Waals surface area contributed by atoms with Crippen molar-refractivity contribution in [2.24, 2.45) is 16.7 Å². The molecule has 0 aliphatic heterocycles. The Balaban J connectivity index is 1.34. The number of H-pyrrole nitrogens is 1. The highest BCUT2D eigenvalue weighted by atomic mass is 32.2. The smallest absolute Gasteiger partial charge is 0.230 e. The van der Waals surface area contributed by atoms with E-state index in [1.54, 1.807) is 0 Å². The van der Waals surface area contributed by atoms with Crippen LogP contribution in [0.1, 0.15) is 40.0 Å². The highest BCUT2D eigenvalue weighted by molar-refractivity contribution is 7.99. The zero-order chi connectivity index (χ0) is 18.4. The van der Waals surface area contributed by atoms with Crippen LogP contribution in [0.3, 0.4) is 0 Å². The van der Waals surface area contributed by atoms with Crippen LogP contribution in [0.15, 0.2) is 35.5 Å². The summed E-state index contributed by atoms with van der Waals surface area (Å²) in [5.74, 6) is 1.89. The normalized spacial score (nSPS) is 29.0. The zero-order valence-electron chi connectivity index (χ0n) is 15.6. The van der Waals surface area contributed by atoms with E-state index in [2.05, 4.69) is 41.3 Å². The van der Waals surface area contributed by atoms with Crippen molar-refractivity contribution < 1.29 is 4.79 Å². The molecule has 2 aromatic rings. The number of amides is 1. The van der Waals surface area contributed by atoms with Gasteiger partial charge in [0.1, 0.15) is 0 Å². The number of fused-ring (bicyclic) bond motifs is 2. The minimum atomic E-state index is 0.0793. The van der Waals surface area contributed by atoms with E-state index in [9.17, 15) is 4.79 Å². The first-order valence-electron chi connectivity index (χ1n) is 9.30. The minimum Gasteiger partial charge on any atom is -0.352 e. The molecule has 138 valence electrons. The van der Waals surface area contributed by atoms with E-state index in [-0.39, 0.29) is 17.4 Å². The number of carbonyl (C=O) groups is 1. The second kappa shape index (κ2) is 6.41. The van der Waals surface area contributed by atoms with Gasteiger partial charge in [-0.1, -0.05) is 62.9 Å². The molecule has 1 aromatic carbocycles.